The van der Waals surface area contributed by atoms with Crippen molar-refractivity contribution in [1.29, 1.82) is 0 Å². The summed E-state index contributed by atoms with van der Waals surface area (Å²) in [5, 5.41) is 11.1. The summed E-state index contributed by atoms with van der Waals surface area (Å²) in [6.07, 6.45) is 9.61. The van der Waals surface area contributed by atoms with E-state index in [1.165, 1.54) is 20.0 Å². The summed E-state index contributed by atoms with van der Waals surface area (Å²) in [5.74, 6) is 1.47. The van der Waals surface area contributed by atoms with Crippen LogP contribution in [-0.2, 0) is 14.3 Å². The fraction of sp³-hybridized carbons (Fsp3) is 0.958. The molecule has 0 atom stereocenters. The van der Waals surface area contributed by atoms with Gasteiger partial charge in [0.25, 0.3) is 0 Å². The highest BCUT2D eigenvalue weighted by Gasteiger charge is 2.33. The maximum absolute atomic E-state index is 11.7. The summed E-state index contributed by atoms with van der Waals surface area (Å²) < 4.78 is 11.1. The Bertz CT molecular complexity index is 507. The molecular formula is C24H46N4O3. The van der Waals surface area contributed by atoms with E-state index in [1.807, 2.05) is 0 Å². The van der Waals surface area contributed by atoms with Gasteiger partial charge in [-0.05, 0) is 76.3 Å². The van der Waals surface area contributed by atoms with E-state index in [0.29, 0.717) is 24.0 Å². The van der Waals surface area contributed by atoms with E-state index in [4.69, 9.17) is 9.47 Å². The Morgan fingerprint density at radius 3 is 2.16 bits per heavy atom. The molecule has 1 heterocycles. The molecule has 180 valence electrons. The number of likely N-dealkylation sites (N-methyl/N-ethyl adjacent to an activating group) is 1. The third-order valence-corrected chi connectivity index (χ3v) is 7.87. The molecule has 3 fully saturated rings. The average molecular weight is 439 g/mol. The van der Waals surface area contributed by atoms with E-state index in [-0.39, 0.29) is 18.2 Å². The third kappa shape index (κ3) is 7.67. The lowest BCUT2D eigenvalue weighted by atomic mass is 9.75. The third-order valence-electron chi connectivity index (χ3n) is 7.87. The molecule has 0 amide bonds. The summed E-state index contributed by atoms with van der Waals surface area (Å²) >= 11 is 0. The van der Waals surface area contributed by atoms with E-state index < -0.39 is 0 Å². The quantitative estimate of drug-likeness (QED) is 0.452. The maximum atomic E-state index is 11.7. The van der Waals surface area contributed by atoms with Crippen molar-refractivity contribution in [2.75, 3.05) is 46.4 Å². The fourth-order valence-corrected chi connectivity index (χ4v) is 5.65. The van der Waals surface area contributed by atoms with Gasteiger partial charge in [0.1, 0.15) is 6.29 Å². The van der Waals surface area contributed by atoms with Crippen molar-refractivity contribution in [1.82, 2.24) is 20.9 Å². The monoisotopic (exact) mass is 438 g/mol. The van der Waals surface area contributed by atoms with Crippen LogP contribution in [0.1, 0.15) is 65.2 Å². The number of ether oxygens (including phenoxy) is 2. The second-order valence-electron chi connectivity index (χ2n) is 9.68. The molecule has 3 aliphatic rings. The molecule has 1 saturated heterocycles. The molecule has 1 aliphatic heterocycles. The second-order valence-corrected chi connectivity index (χ2v) is 9.68. The normalized spacial score (nSPS) is 34.6. The van der Waals surface area contributed by atoms with Gasteiger partial charge >= 0.3 is 5.97 Å². The first kappa shape index (κ1) is 24.9. The van der Waals surface area contributed by atoms with Crippen LogP contribution in [0.2, 0.25) is 0 Å². The Morgan fingerprint density at radius 2 is 1.58 bits per heavy atom. The van der Waals surface area contributed by atoms with Crippen LogP contribution in [0.25, 0.3) is 0 Å². The average Bonchev–Trinajstić information content (AvgIpc) is 2.83. The number of esters is 1. The van der Waals surface area contributed by atoms with Crippen LogP contribution < -0.4 is 16.0 Å². The van der Waals surface area contributed by atoms with Gasteiger partial charge in [-0.1, -0.05) is 13.8 Å². The van der Waals surface area contributed by atoms with Crippen molar-refractivity contribution < 1.29 is 14.3 Å². The van der Waals surface area contributed by atoms with Gasteiger partial charge in [0, 0.05) is 25.7 Å². The molecule has 3 rings (SSSR count). The minimum absolute atomic E-state index is 0.0216. The van der Waals surface area contributed by atoms with E-state index in [9.17, 15) is 4.79 Å². The first-order valence-electron chi connectivity index (χ1n) is 12.8. The standard InChI is InChI=1S/C24H46N4O3/c1-4-28(5-2)14-15-31-22-12-10-21(11-13-22)27-24-25-16-20(17-26-24)18-6-8-19(9-7-18)23(29)30-3/h18-22,24-27H,4-17H2,1-3H3. The van der Waals surface area contributed by atoms with Crippen molar-refractivity contribution in [2.45, 2.75) is 83.6 Å². The van der Waals surface area contributed by atoms with Gasteiger partial charge < -0.3 is 14.4 Å². The van der Waals surface area contributed by atoms with Crippen LogP contribution in [-0.4, -0.2) is 75.7 Å². The largest absolute Gasteiger partial charge is 0.469 e. The Labute approximate surface area is 189 Å². The number of carbonyl (C=O) groups is 1. The molecule has 31 heavy (non-hydrogen) atoms. The molecule has 0 bridgehead atoms. The van der Waals surface area contributed by atoms with E-state index >= 15 is 0 Å². The molecule has 3 N–H and O–H groups in total. The van der Waals surface area contributed by atoms with Crippen molar-refractivity contribution in [2.24, 2.45) is 17.8 Å². The Morgan fingerprint density at radius 1 is 0.935 bits per heavy atom. The van der Waals surface area contributed by atoms with Crippen LogP contribution in [0.15, 0.2) is 0 Å². The SMILES string of the molecule is CCN(CC)CCOC1CCC(NC2NCC(C3CCC(C(=O)OC)CC3)CN2)CC1. The molecule has 7 nitrogen and oxygen atoms in total. The molecule has 0 spiro atoms. The summed E-state index contributed by atoms with van der Waals surface area (Å²) in [5.41, 5.74) is 0. The number of hydrogen-bond acceptors (Lipinski definition) is 7. The number of methoxy groups -OCH3 is 1. The zero-order chi connectivity index (χ0) is 22.1. The van der Waals surface area contributed by atoms with Crippen molar-refractivity contribution in [3.8, 4) is 0 Å². The van der Waals surface area contributed by atoms with Crippen molar-refractivity contribution in [3.05, 3.63) is 0 Å². The molecule has 0 radical (unpaired) electrons. The molecule has 7 heteroatoms. The lowest BCUT2D eigenvalue weighted by molar-refractivity contribution is -0.147. The topological polar surface area (TPSA) is 74.9 Å². The molecule has 0 aromatic rings. The number of nitrogens with zero attached hydrogens (tertiary/aromatic N) is 1. The van der Waals surface area contributed by atoms with Crippen LogP contribution in [0.5, 0.6) is 0 Å². The molecule has 0 unspecified atom stereocenters. The number of rotatable bonds is 10. The highest BCUT2D eigenvalue weighted by Crippen LogP contribution is 2.34. The van der Waals surface area contributed by atoms with E-state index in [2.05, 4.69) is 34.7 Å². The predicted molar refractivity (Wildman–Crippen MR) is 124 cm³/mol. The number of nitrogens with one attached hydrogen (secondary N) is 3. The van der Waals surface area contributed by atoms with E-state index in [1.54, 1.807) is 0 Å². The van der Waals surface area contributed by atoms with Gasteiger partial charge in [0.2, 0.25) is 0 Å². The summed E-state index contributed by atoms with van der Waals surface area (Å²) in [6.45, 7) is 10.7. The minimum Gasteiger partial charge on any atom is -0.469 e. The molecular weight excluding hydrogens is 392 g/mol. The van der Waals surface area contributed by atoms with Crippen LogP contribution in [0.3, 0.4) is 0 Å². The van der Waals surface area contributed by atoms with Crippen LogP contribution in [0.4, 0.5) is 0 Å². The number of carbonyl (C=O) groups excluding carboxylic acids is 1. The highest BCUT2D eigenvalue weighted by atomic mass is 16.5. The molecule has 2 aliphatic carbocycles. The zero-order valence-corrected chi connectivity index (χ0v) is 20.0. The fourth-order valence-electron chi connectivity index (χ4n) is 5.65. The minimum atomic E-state index is -0.0216. The van der Waals surface area contributed by atoms with Crippen LogP contribution in [0, 0.1) is 17.8 Å². The molecule has 0 aromatic heterocycles. The summed E-state index contributed by atoms with van der Waals surface area (Å²) in [4.78, 5) is 14.2. The highest BCUT2D eigenvalue weighted by molar-refractivity contribution is 5.72. The molecule has 0 aromatic carbocycles. The van der Waals surface area contributed by atoms with E-state index in [0.717, 1.165) is 77.9 Å². The maximum Gasteiger partial charge on any atom is 0.308 e. The van der Waals surface area contributed by atoms with Gasteiger partial charge in [-0.2, -0.15) is 0 Å². The van der Waals surface area contributed by atoms with Gasteiger partial charge in [-0.15, -0.1) is 0 Å². The Kier molecular flexibility index (Phi) is 10.5. The van der Waals surface area contributed by atoms with Crippen molar-refractivity contribution >= 4 is 5.97 Å². The molecule has 2 saturated carbocycles. The lowest BCUT2D eigenvalue weighted by Gasteiger charge is -2.40. The lowest BCUT2D eigenvalue weighted by Crippen LogP contribution is -2.63. The van der Waals surface area contributed by atoms with Crippen LogP contribution >= 0.6 is 0 Å². The van der Waals surface area contributed by atoms with Gasteiger partial charge in [-0.3, -0.25) is 20.7 Å². The van der Waals surface area contributed by atoms with Gasteiger partial charge in [0.15, 0.2) is 0 Å². The smallest absolute Gasteiger partial charge is 0.308 e. The van der Waals surface area contributed by atoms with Crippen molar-refractivity contribution in [3.63, 3.8) is 0 Å². The van der Waals surface area contributed by atoms with Gasteiger partial charge in [-0.25, -0.2) is 0 Å². The second kappa shape index (κ2) is 13.1. The Balaban J connectivity index is 1.27. The van der Waals surface area contributed by atoms with Gasteiger partial charge in [0.05, 0.1) is 25.7 Å². The Hall–Kier alpha value is -0.730. The first-order chi connectivity index (χ1) is 15.1. The summed E-state index contributed by atoms with van der Waals surface area (Å²) in [7, 11) is 1.50. The predicted octanol–water partition coefficient (Wildman–Crippen LogP) is 2.32. The summed E-state index contributed by atoms with van der Waals surface area (Å²) in [6, 6.07) is 0.569. The zero-order valence-electron chi connectivity index (χ0n) is 20.0. The first-order valence-corrected chi connectivity index (χ1v) is 12.8. The number of hydrogen-bond donors (Lipinski definition) is 3.